The Kier molecular flexibility index (Phi) is 8.92. The summed E-state index contributed by atoms with van der Waals surface area (Å²) >= 11 is 0. The molecule has 1 aliphatic rings. The third-order valence-electron chi connectivity index (χ3n) is 6.73. The number of rotatable bonds is 10. The lowest BCUT2D eigenvalue weighted by molar-refractivity contribution is -0.142. The van der Waals surface area contributed by atoms with Crippen LogP contribution in [0.25, 0.3) is 0 Å². The number of carbonyl (C=O) groups excluding carboxylic acids is 3. The molecule has 3 amide bonds. The maximum absolute atomic E-state index is 14.7. The zero-order valence-electron chi connectivity index (χ0n) is 23.3. The van der Waals surface area contributed by atoms with Gasteiger partial charge in [0.25, 0.3) is 15.9 Å². The lowest BCUT2D eigenvalue weighted by Gasteiger charge is -2.34. The lowest BCUT2D eigenvalue weighted by Crippen LogP contribution is -2.54. The monoisotopic (exact) mass is 579 g/mol. The number of halogens is 1. The van der Waals surface area contributed by atoms with E-state index in [4.69, 9.17) is 0 Å². The van der Waals surface area contributed by atoms with Gasteiger partial charge in [-0.15, -0.1) is 0 Å². The standard InChI is InChI=1S/C31H34FN3O5S/c1-31(2,3)33-29(37)26(20-22-12-5-4-6-13-22)34(21-23-14-7-9-16-25(23)32)28(36)18-11-19-35-30(38)24-15-8-10-17-27(24)41(35,39)40/h4-10,12-17,26H,11,18-21H2,1-3H3,(H,33,37). The summed E-state index contributed by atoms with van der Waals surface area (Å²) in [4.78, 5) is 41.4. The second kappa shape index (κ2) is 12.2. The minimum absolute atomic E-state index is 0.0323. The number of carbonyl (C=O) groups is 3. The first-order chi connectivity index (χ1) is 19.4. The predicted octanol–water partition coefficient (Wildman–Crippen LogP) is 4.31. The number of nitrogens with zero attached hydrogens (tertiary/aromatic N) is 2. The smallest absolute Gasteiger partial charge is 0.269 e. The van der Waals surface area contributed by atoms with Crippen LogP contribution in [0.4, 0.5) is 4.39 Å². The Bertz CT molecular complexity index is 1540. The molecule has 4 rings (SSSR count). The first kappa shape index (κ1) is 29.9. The van der Waals surface area contributed by atoms with Crippen LogP contribution in [0.1, 0.15) is 55.1 Å². The summed E-state index contributed by atoms with van der Waals surface area (Å²) in [6, 6.07) is 20.3. The van der Waals surface area contributed by atoms with E-state index in [1.54, 1.807) is 30.3 Å². The number of benzene rings is 3. The van der Waals surface area contributed by atoms with E-state index < -0.39 is 45.1 Å². The normalized spacial score (nSPS) is 14.8. The van der Waals surface area contributed by atoms with E-state index in [1.165, 1.54) is 23.1 Å². The van der Waals surface area contributed by atoms with E-state index >= 15 is 0 Å². The third-order valence-corrected chi connectivity index (χ3v) is 8.57. The van der Waals surface area contributed by atoms with Crippen molar-refractivity contribution in [3.63, 3.8) is 0 Å². The molecule has 3 aromatic carbocycles. The van der Waals surface area contributed by atoms with Gasteiger partial charge in [0.05, 0.1) is 5.56 Å². The third kappa shape index (κ3) is 7.00. The quantitative estimate of drug-likeness (QED) is 0.386. The van der Waals surface area contributed by atoms with Gasteiger partial charge < -0.3 is 10.2 Å². The van der Waals surface area contributed by atoms with E-state index in [1.807, 2.05) is 51.1 Å². The number of nitrogens with one attached hydrogen (secondary N) is 1. The first-order valence-electron chi connectivity index (χ1n) is 13.4. The van der Waals surface area contributed by atoms with E-state index in [0.29, 0.717) is 0 Å². The van der Waals surface area contributed by atoms with E-state index in [-0.39, 0.29) is 48.4 Å². The molecule has 41 heavy (non-hydrogen) atoms. The molecule has 0 aromatic heterocycles. The van der Waals surface area contributed by atoms with Crippen molar-refractivity contribution in [1.29, 1.82) is 0 Å². The number of fused-ring (bicyclic) bond motifs is 1. The van der Waals surface area contributed by atoms with Crippen LogP contribution in [0, 0.1) is 5.82 Å². The van der Waals surface area contributed by atoms with Crippen LogP contribution >= 0.6 is 0 Å². The summed E-state index contributed by atoms with van der Waals surface area (Å²) in [6.45, 7) is 5.14. The maximum Gasteiger partial charge on any atom is 0.269 e. The minimum atomic E-state index is -4.01. The summed E-state index contributed by atoms with van der Waals surface area (Å²) in [5.74, 6) is -1.99. The van der Waals surface area contributed by atoms with Gasteiger partial charge in [0, 0.05) is 37.0 Å². The fourth-order valence-corrected chi connectivity index (χ4v) is 6.39. The SMILES string of the molecule is CC(C)(C)NC(=O)C(Cc1ccccc1)N(Cc1ccccc1F)C(=O)CCCN1C(=O)c2ccccc2S1(=O)=O. The van der Waals surface area contributed by atoms with Gasteiger partial charge in [0.15, 0.2) is 0 Å². The van der Waals surface area contributed by atoms with Gasteiger partial charge >= 0.3 is 0 Å². The first-order valence-corrected chi connectivity index (χ1v) is 14.9. The van der Waals surface area contributed by atoms with Gasteiger partial charge in [0.1, 0.15) is 16.8 Å². The van der Waals surface area contributed by atoms with Crippen LogP contribution in [-0.2, 0) is 32.6 Å². The highest BCUT2D eigenvalue weighted by Crippen LogP contribution is 2.30. The molecule has 0 aliphatic carbocycles. The Morgan fingerprint density at radius 3 is 2.24 bits per heavy atom. The highest BCUT2D eigenvalue weighted by molar-refractivity contribution is 7.90. The Morgan fingerprint density at radius 1 is 0.951 bits per heavy atom. The van der Waals surface area contributed by atoms with Crippen molar-refractivity contribution in [2.45, 2.75) is 63.1 Å². The maximum atomic E-state index is 14.7. The predicted molar refractivity (Wildman–Crippen MR) is 153 cm³/mol. The van der Waals surface area contributed by atoms with Gasteiger partial charge in [-0.25, -0.2) is 17.1 Å². The number of hydrogen-bond acceptors (Lipinski definition) is 5. The fraction of sp³-hybridized carbons (Fsp3) is 0.323. The highest BCUT2D eigenvalue weighted by Gasteiger charge is 2.40. The average Bonchev–Trinajstić information content (AvgIpc) is 3.11. The molecule has 0 saturated heterocycles. The summed E-state index contributed by atoms with van der Waals surface area (Å²) in [5, 5.41) is 2.94. The van der Waals surface area contributed by atoms with Crippen molar-refractivity contribution < 1.29 is 27.2 Å². The highest BCUT2D eigenvalue weighted by atomic mass is 32.2. The molecule has 10 heteroatoms. The van der Waals surface area contributed by atoms with Crippen LogP contribution in [0.2, 0.25) is 0 Å². The van der Waals surface area contributed by atoms with Gasteiger partial charge in [-0.2, -0.15) is 0 Å². The number of hydrogen-bond donors (Lipinski definition) is 1. The van der Waals surface area contributed by atoms with Gasteiger partial charge in [-0.1, -0.05) is 60.7 Å². The second-order valence-electron chi connectivity index (χ2n) is 11.0. The van der Waals surface area contributed by atoms with Crippen molar-refractivity contribution in [3.05, 3.63) is 101 Å². The Balaban J connectivity index is 1.59. The molecule has 0 bridgehead atoms. The number of sulfonamides is 1. The van der Waals surface area contributed by atoms with Crippen LogP contribution in [0.3, 0.4) is 0 Å². The van der Waals surface area contributed by atoms with Crippen molar-refractivity contribution in [1.82, 2.24) is 14.5 Å². The molecule has 1 heterocycles. The topological polar surface area (TPSA) is 104 Å². The molecule has 1 aliphatic heterocycles. The Hall–Kier alpha value is -4.05. The summed E-state index contributed by atoms with van der Waals surface area (Å²) < 4.78 is 41.4. The molecule has 0 radical (unpaired) electrons. The zero-order chi connectivity index (χ0) is 29.8. The lowest BCUT2D eigenvalue weighted by atomic mass is 10.00. The van der Waals surface area contributed by atoms with Crippen LogP contribution in [0.15, 0.2) is 83.8 Å². The molecule has 8 nitrogen and oxygen atoms in total. The molecular formula is C31H34FN3O5S. The van der Waals surface area contributed by atoms with Crippen molar-refractivity contribution in [3.8, 4) is 0 Å². The summed E-state index contributed by atoms with van der Waals surface area (Å²) in [7, 11) is -4.01. The van der Waals surface area contributed by atoms with E-state index in [0.717, 1.165) is 9.87 Å². The molecule has 1 atom stereocenters. The van der Waals surface area contributed by atoms with Crippen LogP contribution < -0.4 is 5.32 Å². The molecule has 1 N–H and O–H groups in total. The van der Waals surface area contributed by atoms with Crippen molar-refractivity contribution in [2.24, 2.45) is 0 Å². The van der Waals surface area contributed by atoms with E-state index in [2.05, 4.69) is 5.32 Å². The van der Waals surface area contributed by atoms with Crippen molar-refractivity contribution in [2.75, 3.05) is 6.54 Å². The average molecular weight is 580 g/mol. The number of amides is 3. The Labute approximate surface area is 240 Å². The van der Waals surface area contributed by atoms with Gasteiger partial charge in [-0.3, -0.25) is 14.4 Å². The minimum Gasteiger partial charge on any atom is -0.350 e. The molecule has 0 fully saturated rings. The molecule has 3 aromatic rings. The molecule has 0 saturated carbocycles. The Morgan fingerprint density at radius 2 is 1.59 bits per heavy atom. The second-order valence-corrected chi connectivity index (χ2v) is 12.9. The fourth-order valence-electron chi connectivity index (χ4n) is 4.79. The van der Waals surface area contributed by atoms with Crippen LogP contribution in [-0.4, -0.2) is 53.5 Å². The van der Waals surface area contributed by atoms with E-state index in [9.17, 15) is 27.2 Å². The van der Waals surface area contributed by atoms with Crippen LogP contribution in [0.5, 0.6) is 0 Å². The molecule has 0 spiro atoms. The van der Waals surface area contributed by atoms with Gasteiger partial charge in [-0.05, 0) is 51.0 Å². The summed E-state index contributed by atoms with van der Waals surface area (Å²) in [5.41, 5.74) is 0.578. The molecule has 1 unspecified atom stereocenters. The molecular weight excluding hydrogens is 545 g/mol. The zero-order valence-corrected chi connectivity index (χ0v) is 24.2. The largest absolute Gasteiger partial charge is 0.350 e. The van der Waals surface area contributed by atoms with Gasteiger partial charge in [0.2, 0.25) is 11.8 Å². The van der Waals surface area contributed by atoms with Crippen molar-refractivity contribution >= 4 is 27.7 Å². The molecule has 216 valence electrons. The summed E-state index contributed by atoms with van der Waals surface area (Å²) in [6.07, 6.45) is 0.0694.